The highest BCUT2D eigenvalue weighted by atomic mass is 15.1. The summed E-state index contributed by atoms with van der Waals surface area (Å²) < 4.78 is 4.81. The van der Waals surface area contributed by atoms with Gasteiger partial charge in [-0.25, -0.2) is 9.97 Å². The van der Waals surface area contributed by atoms with Gasteiger partial charge in [-0.15, -0.1) is 0 Å². The Labute approximate surface area is 254 Å². The van der Waals surface area contributed by atoms with Crippen molar-refractivity contribution >= 4 is 43.9 Å². The van der Waals surface area contributed by atoms with Crippen molar-refractivity contribution in [3.8, 4) is 33.9 Å². The molecule has 44 heavy (non-hydrogen) atoms. The number of hydrogen-bond donors (Lipinski definition) is 0. The Balaban J connectivity index is 1.43. The van der Waals surface area contributed by atoms with Gasteiger partial charge in [-0.3, -0.25) is 0 Å². The molecule has 0 saturated carbocycles. The Morgan fingerprint density at radius 3 is 1.48 bits per heavy atom. The standard InChI is InChI=1S/C40H26N4/c1-4-14-27(15-5-1)37-38(42-34-22-12-11-21-33(34)41-37)28-24-25-36-32(26-28)40-39(44(36)30-18-8-3-9-19-30)31-20-10-13-23-35(31)43(40)29-16-6-2-7-17-29/h1-26H. The highest BCUT2D eigenvalue weighted by Crippen LogP contribution is 2.42. The second-order valence-electron chi connectivity index (χ2n) is 11.1. The van der Waals surface area contributed by atoms with Crippen molar-refractivity contribution in [3.63, 3.8) is 0 Å². The SMILES string of the molecule is c1ccc(-c2nc3ccccc3nc2-c2ccc3c(c2)c2c(c4ccccc4n2-c2ccccc2)n3-c2ccccc2)cc1. The van der Waals surface area contributed by atoms with Gasteiger partial charge in [0.1, 0.15) is 0 Å². The molecule has 3 heterocycles. The van der Waals surface area contributed by atoms with Crippen LogP contribution in [0.4, 0.5) is 0 Å². The van der Waals surface area contributed by atoms with Crippen LogP contribution in [0, 0.1) is 0 Å². The molecule has 3 aromatic heterocycles. The lowest BCUT2D eigenvalue weighted by atomic mass is 10.0. The van der Waals surface area contributed by atoms with Gasteiger partial charge in [-0.2, -0.15) is 0 Å². The lowest BCUT2D eigenvalue weighted by Gasteiger charge is -2.12. The van der Waals surface area contributed by atoms with Crippen molar-refractivity contribution in [1.82, 2.24) is 19.1 Å². The molecule has 0 unspecified atom stereocenters. The van der Waals surface area contributed by atoms with E-state index in [0.29, 0.717) is 0 Å². The highest BCUT2D eigenvalue weighted by molar-refractivity contribution is 6.20. The van der Waals surface area contributed by atoms with Crippen LogP contribution in [0.3, 0.4) is 0 Å². The summed E-state index contributed by atoms with van der Waals surface area (Å²) in [6, 6.07) is 55.2. The van der Waals surface area contributed by atoms with Gasteiger partial charge >= 0.3 is 0 Å². The topological polar surface area (TPSA) is 35.6 Å². The fourth-order valence-electron chi connectivity index (χ4n) is 6.57. The Kier molecular flexibility index (Phi) is 5.47. The van der Waals surface area contributed by atoms with Crippen LogP contribution in [-0.4, -0.2) is 19.1 Å². The van der Waals surface area contributed by atoms with Gasteiger partial charge < -0.3 is 9.13 Å². The van der Waals surface area contributed by atoms with Crippen molar-refractivity contribution in [2.24, 2.45) is 0 Å². The largest absolute Gasteiger partial charge is 0.307 e. The second-order valence-corrected chi connectivity index (χ2v) is 11.1. The summed E-state index contributed by atoms with van der Waals surface area (Å²) in [5.74, 6) is 0. The summed E-state index contributed by atoms with van der Waals surface area (Å²) in [4.78, 5) is 10.4. The summed E-state index contributed by atoms with van der Waals surface area (Å²) in [6.45, 7) is 0. The van der Waals surface area contributed by atoms with Gasteiger partial charge in [-0.1, -0.05) is 103 Å². The average Bonchev–Trinajstić information content (AvgIpc) is 3.61. The molecular weight excluding hydrogens is 536 g/mol. The summed E-state index contributed by atoms with van der Waals surface area (Å²) >= 11 is 0. The molecule has 0 N–H and O–H groups in total. The highest BCUT2D eigenvalue weighted by Gasteiger charge is 2.23. The zero-order chi connectivity index (χ0) is 29.0. The van der Waals surface area contributed by atoms with Crippen molar-refractivity contribution in [1.29, 1.82) is 0 Å². The van der Waals surface area contributed by atoms with Gasteiger partial charge in [0, 0.05) is 33.3 Å². The molecule has 0 radical (unpaired) electrons. The molecule has 9 aromatic rings. The maximum Gasteiger partial charge on any atom is 0.0973 e. The molecule has 0 amide bonds. The molecule has 0 aliphatic carbocycles. The van der Waals surface area contributed by atoms with Crippen LogP contribution in [0.15, 0.2) is 158 Å². The van der Waals surface area contributed by atoms with E-state index in [1.807, 2.05) is 30.3 Å². The summed E-state index contributed by atoms with van der Waals surface area (Å²) in [5, 5.41) is 2.37. The first kappa shape index (κ1) is 24.6. The number of benzene rings is 6. The molecule has 4 nitrogen and oxygen atoms in total. The predicted molar refractivity (Wildman–Crippen MR) is 182 cm³/mol. The molecular formula is C40H26N4. The molecule has 206 valence electrons. The average molecular weight is 563 g/mol. The maximum atomic E-state index is 5.22. The van der Waals surface area contributed by atoms with Gasteiger partial charge in [0.25, 0.3) is 0 Å². The number of nitrogens with zero attached hydrogens (tertiary/aromatic N) is 4. The van der Waals surface area contributed by atoms with E-state index in [9.17, 15) is 0 Å². The van der Waals surface area contributed by atoms with Gasteiger partial charge in [-0.05, 0) is 54.6 Å². The Morgan fingerprint density at radius 2 is 0.841 bits per heavy atom. The fourth-order valence-corrected chi connectivity index (χ4v) is 6.57. The Bertz CT molecular complexity index is 2440. The molecule has 0 aliphatic heterocycles. The molecule has 0 fully saturated rings. The van der Waals surface area contributed by atoms with E-state index in [4.69, 9.17) is 9.97 Å². The van der Waals surface area contributed by atoms with Crippen LogP contribution < -0.4 is 0 Å². The quantitative estimate of drug-likeness (QED) is 0.214. The Morgan fingerprint density at radius 1 is 0.364 bits per heavy atom. The van der Waals surface area contributed by atoms with Crippen molar-refractivity contribution in [3.05, 3.63) is 158 Å². The smallest absolute Gasteiger partial charge is 0.0973 e. The zero-order valence-electron chi connectivity index (χ0n) is 23.8. The van der Waals surface area contributed by atoms with E-state index in [1.54, 1.807) is 0 Å². The first-order valence-corrected chi connectivity index (χ1v) is 14.9. The number of fused-ring (bicyclic) bond motifs is 6. The third-order valence-corrected chi connectivity index (χ3v) is 8.48. The normalized spacial score (nSPS) is 11.6. The van der Waals surface area contributed by atoms with Crippen molar-refractivity contribution in [2.45, 2.75) is 0 Å². The number of hydrogen-bond acceptors (Lipinski definition) is 2. The van der Waals surface area contributed by atoms with E-state index in [1.165, 1.54) is 21.9 Å². The van der Waals surface area contributed by atoms with Gasteiger partial charge in [0.05, 0.1) is 44.5 Å². The van der Waals surface area contributed by atoms with Crippen LogP contribution in [0.1, 0.15) is 0 Å². The lowest BCUT2D eigenvalue weighted by molar-refractivity contribution is 1.17. The van der Waals surface area contributed by atoms with Crippen molar-refractivity contribution in [2.75, 3.05) is 0 Å². The number of aromatic nitrogens is 4. The predicted octanol–water partition coefficient (Wildman–Crippen LogP) is 10.0. The van der Waals surface area contributed by atoms with E-state index in [-0.39, 0.29) is 0 Å². The molecule has 0 bridgehead atoms. The minimum atomic E-state index is 0.875. The zero-order valence-corrected chi connectivity index (χ0v) is 23.8. The first-order chi connectivity index (χ1) is 21.8. The molecule has 0 aliphatic rings. The Hall–Kier alpha value is -6.00. The molecule has 9 rings (SSSR count). The van der Waals surface area contributed by atoms with Crippen LogP contribution in [0.5, 0.6) is 0 Å². The molecule has 0 saturated heterocycles. The van der Waals surface area contributed by atoms with Gasteiger partial charge in [0.15, 0.2) is 0 Å². The third-order valence-electron chi connectivity index (χ3n) is 8.48. The van der Waals surface area contributed by atoms with Crippen molar-refractivity contribution < 1.29 is 0 Å². The van der Waals surface area contributed by atoms with Crippen LogP contribution in [-0.2, 0) is 0 Å². The fraction of sp³-hybridized carbons (Fsp3) is 0. The van der Waals surface area contributed by atoms with E-state index >= 15 is 0 Å². The minimum Gasteiger partial charge on any atom is -0.307 e. The minimum absolute atomic E-state index is 0.875. The number of rotatable bonds is 4. The second kappa shape index (κ2) is 9.79. The summed E-state index contributed by atoms with van der Waals surface area (Å²) in [5.41, 5.74) is 12.6. The van der Waals surface area contributed by atoms with Gasteiger partial charge in [0.2, 0.25) is 0 Å². The molecule has 0 atom stereocenters. The summed E-state index contributed by atoms with van der Waals surface area (Å²) in [6.07, 6.45) is 0. The first-order valence-electron chi connectivity index (χ1n) is 14.9. The molecule has 4 heteroatoms. The summed E-state index contributed by atoms with van der Waals surface area (Å²) in [7, 11) is 0. The molecule has 0 spiro atoms. The van der Waals surface area contributed by atoms with Crippen LogP contribution >= 0.6 is 0 Å². The monoisotopic (exact) mass is 562 g/mol. The van der Waals surface area contributed by atoms with E-state index in [2.05, 4.69) is 137 Å². The molecule has 6 aromatic carbocycles. The number of para-hydroxylation sites is 5. The van der Waals surface area contributed by atoms with Crippen LogP contribution in [0.25, 0.3) is 77.8 Å². The van der Waals surface area contributed by atoms with Crippen LogP contribution in [0.2, 0.25) is 0 Å². The van der Waals surface area contributed by atoms with E-state index < -0.39 is 0 Å². The lowest BCUT2D eigenvalue weighted by Crippen LogP contribution is -1.96. The maximum absolute atomic E-state index is 5.22. The van der Waals surface area contributed by atoms with E-state index in [0.717, 1.165) is 55.8 Å². The third kappa shape index (κ3) is 3.71.